The Morgan fingerprint density at radius 3 is 2.06 bits per heavy atom. The summed E-state index contributed by atoms with van der Waals surface area (Å²) < 4.78 is 15.4. The molecule has 0 fully saturated rings. The van der Waals surface area contributed by atoms with E-state index in [1.54, 1.807) is 32.2 Å². The molecule has 0 bridgehead atoms. The number of hydrogen-bond donors (Lipinski definition) is 4. The average molecular weight is 509 g/mol. The van der Waals surface area contributed by atoms with Gasteiger partial charge in [-0.3, -0.25) is 14.4 Å². The smallest absolute Gasteiger partial charge is 0.315 e. The fourth-order valence-corrected chi connectivity index (χ4v) is 3.35. The second-order valence-corrected chi connectivity index (χ2v) is 8.67. The minimum Gasteiger partial charge on any atom is -0.497 e. The first kappa shape index (κ1) is 30.7. The van der Waals surface area contributed by atoms with Gasteiger partial charge in [0.25, 0.3) is 5.91 Å². The van der Waals surface area contributed by atoms with Crippen molar-refractivity contribution in [2.75, 3.05) is 34.5 Å². The van der Waals surface area contributed by atoms with Crippen molar-refractivity contribution in [3.05, 3.63) is 23.8 Å². The number of carbonyl (C=O) groups excluding carboxylic acids is 4. The van der Waals surface area contributed by atoms with E-state index in [4.69, 9.17) is 14.2 Å². The van der Waals surface area contributed by atoms with Crippen molar-refractivity contribution >= 4 is 23.6 Å². The third-order valence-corrected chi connectivity index (χ3v) is 5.27. The Bertz CT molecular complexity index is 854. The van der Waals surface area contributed by atoms with Gasteiger partial charge in [0.05, 0.1) is 20.3 Å². The van der Waals surface area contributed by atoms with Crippen LogP contribution in [0, 0.1) is 5.92 Å². The summed E-state index contributed by atoms with van der Waals surface area (Å²) in [6.07, 6.45) is 1.21. The highest BCUT2D eigenvalue weighted by Crippen LogP contribution is 2.22. The number of amides is 4. The lowest BCUT2D eigenvalue weighted by molar-refractivity contribution is -0.140. The fraction of sp³-hybridized carbons (Fsp3) is 0.600. The Kier molecular flexibility index (Phi) is 13.9. The zero-order chi connectivity index (χ0) is 27.1. The molecule has 0 aliphatic carbocycles. The van der Waals surface area contributed by atoms with E-state index in [0.29, 0.717) is 43.1 Å². The van der Waals surface area contributed by atoms with Gasteiger partial charge in [-0.25, -0.2) is 4.79 Å². The van der Waals surface area contributed by atoms with Gasteiger partial charge in [-0.1, -0.05) is 20.8 Å². The first-order chi connectivity index (χ1) is 17.1. The first-order valence-electron chi connectivity index (χ1n) is 12.0. The third kappa shape index (κ3) is 10.9. The molecule has 0 heterocycles. The number of ether oxygens (including phenoxy) is 3. The molecule has 36 heavy (non-hydrogen) atoms. The van der Waals surface area contributed by atoms with E-state index in [0.717, 1.165) is 0 Å². The van der Waals surface area contributed by atoms with Gasteiger partial charge < -0.3 is 35.5 Å². The van der Waals surface area contributed by atoms with Crippen LogP contribution in [-0.4, -0.2) is 70.2 Å². The molecule has 0 aliphatic heterocycles. The lowest BCUT2D eigenvalue weighted by atomic mass is 10.0. The van der Waals surface area contributed by atoms with E-state index in [1.165, 1.54) is 14.2 Å². The van der Waals surface area contributed by atoms with Crippen LogP contribution in [0.4, 0.5) is 4.79 Å². The van der Waals surface area contributed by atoms with Crippen molar-refractivity contribution in [3.63, 3.8) is 0 Å². The minimum atomic E-state index is -1.03. The van der Waals surface area contributed by atoms with E-state index >= 15 is 0 Å². The molecule has 11 heteroatoms. The Morgan fingerprint density at radius 2 is 1.53 bits per heavy atom. The SMILES string of the molecule is CCC(NC(=O)[C@H](CC(C)C)NC(=O)NCCCOC)C(=O)C(=O)NCc1cc(OC)cc(OC)c1. The van der Waals surface area contributed by atoms with Crippen LogP contribution < -0.4 is 30.7 Å². The number of methoxy groups -OCH3 is 3. The maximum atomic E-state index is 12.9. The number of ketones is 1. The first-order valence-corrected chi connectivity index (χ1v) is 12.0. The second kappa shape index (κ2) is 16.4. The van der Waals surface area contributed by atoms with Crippen molar-refractivity contribution < 1.29 is 33.4 Å². The normalized spacial score (nSPS) is 12.3. The predicted octanol–water partition coefficient (Wildman–Crippen LogP) is 1.53. The molecule has 4 amide bonds. The van der Waals surface area contributed by atoms with Crippen LogP contribution in [0.25, 0.3) is 0 Å². The van der Waals surface area contributed by atoms with Gasteiger partial charge in [0, 0.05) is 32.9 Å². The molecule has 1 aromatic carbocycles. The molecule has 1 rings (SSSR count). The molecule has 0 radical (unpaired) electrons. The minimum absolute atomic E-state index is 0.0727. The lowest BCUT2D eigenvalue weighted by Crippen LogP contribution is -2.55. The van der Waals surface area contributed by atoms with Gasteiger partial charge in [-0.15, -0.1) is 0 Å². The van der Waals surface area contributed by atoms with Crippen molar-refractivity contribution in [2.45, 2.75) is 58.7 Å². The Balaban J connectivity index is 2.75. The topological polar surface area (TPSA) is 144 Å². The van der Waals surface area contributed by atoms with Crippen LogP contribution in [0.5, 0.6) is 11.5 Å². The fourth-order valence-electron chi connectivity index (χ4n) is 3.35. The van der Waals surface area contributed by atoms with Crippen LogP contribution in [0.1, 0.15) is 45.6 Å². The van der Waals surface area contributed by atoms with Gasteiger partial charge in [0.1, 0.15) is 17.5 Å². The summed E-state index contributed by atoms with van der Waals surface area (Å²) in [5.74, 6) is -0.916. The molecule has 0 aliphatic rings. The molecule has 2 atom stereocenters. The van der Waals surface area contributed by atoms with Crippen molar-refractivity contribution in [1.29, 1.82) is 0 Å². The highest BCUT2D eigenvalue weighted by molar-refractivity contribution is 6.38. The summed E-state index contributed by atoms with van der Waals surface area (Å²) in [4.78, 5) is 50.4. The van der Waals surface area contributed by atoms with E-state index in [1.807, 2.05) is 13.8 Å². The van der Waals surface area contributed by atoms with Gasteiger partial charge in [0.15, 0.2) is 0 Å². The maximum absolute atomic E-state index is 12.9. The van der Waals surface area contributed by atoms with Crippen LogP contribution >= 0.6 is 0 Å². The largest absolute Gasteiger partial charge is 0.497 e. The standard InChI is InChI=1S/C25H40N4O7/c1-7-20(22(30)24(32)27-15-17-12-18(35-5)14-19(13-17)36-6)28-23(31)21(11-16(2)3)29-25(33)26-9-8-10-34-4/h12-14,16,20-21H,7-11,15H2,1-6H3,(H,27,32)(H,28,31)(H2,26,29,33)/t20?,21-/m0/s1. The van der Waals surface area contributed by atoms with Crippen LogP contribution in [0.15, 0.2) is 18.2 Å². The van der Waals surface area contributed by atoms with Crippen molar-refractivity contribution in [2.24, 2.45) is 5.92 Å². The van der Waals surface area contributed by atoms with E-state index < -0.39 is 35.7 Å². The summed E-state index contributed by atoms with van der Waals surface area (Å²) in [6, 6.07) is 2.75. The molecule has 202 valence electrons. The van der Waals surface area contributed by atoms with Crippen LogP contribution in [0.3, 0.4) is 0 Å². The summed E-state index contributed by atoms with van der Waals surface area (Å²) in [6.45, 7) is 6.50. The quantitative estimate of drug-likeness (QED) is 0.196. The number of rotatable bonds is 16. The van der Waals surface area contributed by atoms with Gasteiger partial charge >= 0.3 is 6.03 Å². The van der Waals surface area contributed by atoms with E-state index in [-0.39, 0.29) is 18.9 Å². The Labute approximate surface area is 213 Å². The molecular formula is C25H40N4O7. The number of nitrogens with one attached hydrogen (secondary N) is 4. The summed E-state index contributed by atoms with van der Waals surface area (Å²) in [7, 11) is 4.61. The molecule has 4 N–H and O–H groups in total. The molecule has 11 nitrogen and oxygen atoms in total. The molecule has 0 spiro atoms. The van der Waals surface area contributed by atoms with Crippen molar-refractivity contribution in [3.8, 4) is 11.5 Å². The second-order valence-electron chi connectivity index (χ2n) is 8.67. The number of Topliss-reactive ketones (excluding diaryl/α,β-unsaturated/α-hetero) is 1. The molecule has 1 aromatic rings. The van der Waals surface area contributed by atoms with Gasteiger partial charge in [0.2, 0.25) is 11.7 Å². The Hall–Kier alpha value is -3.34. The predicted molar refractivity (Wildman–Crippen MR) is 135 cm³/mol. The van der Waals surface area contributed by atoms with Crippen LogP contribution in [0.2, 0.25) is 0 Å². The molecule has 1 unspecified atom stereocenters. The summed E-state index contributed by atoms with van der Waals surface area (Å²) in [5.41, 5.74) is 0.683. The average Bonchev–Trinajstić information content (AvgIpc) is 2.86. The van der Waals surface area contributed by atoms with Gasteiger partial charge in [-0.2, -0.15) is 0 Å². The lowest BCUT2D eigenvalue weighted by Gasteiger charge is -2.23. The molecule has 0 saturated carbocycles. The van der Waals surface area contributed by atoms with Crippen molar-refractivity contribution in [1.82, 2.24) is 21.3 Å². The van der Waals surface area contributed by atoms with E-state index in [9.17, 15) is 19.2 Å². The summed E-state index contributed by atoms with van der Waals surface area (Å²) >= 11 is 0. The van der Waals surface area contributed by atoms with Crippen LogP contribution in [-0.2, 0) is 25.7 Å². The maximum Gasteiger partial charge on any atom is 0.315 e. The number of carbonyl (C=O) groups is 4. The molecular weight excluding hydrogens is 468 g/mol. The van der Waals surface area contributed by atoms with Gasteiger partial charge in [-0.05, 0) is 42.9 Å². The monoisotopic (exact) mass is 508 g/mol. The van der Waals surface area contributed by atoms with E-state index in [2.05, 4.69) is 21.3 Å². The highest BCUT2D eigenvalue weighted by atomic mass is 16.5. The summed E-state index contributed by atoms with van der Waals surface area (Å²) in [5, 5.41) is 10.5. The number of hydrogen-bond acceptors (Lipinski definition) is 7. The molecule has 0 saturated heterocycles. The third-order valence-electron chi connectivity index (χ3n) is 5.27. The zero-order valence-corrected chi connectivity index (χ0v) is 22.1. The Morgan fingerprint density at radius 1 is 0.889 bits per heavy atom. The highest BCUT2D eigenvalue weighted by Gasteiger charge is 2.29. The molecule has 0 aromatic heterocycles. The number of urea groups is 1. The zero-order valence-electron chi connectivity index (χ0n) is 22.1. The number of benzene rings is 1.